The van der Waals surface area contributed by atoms with Crippen molar-refractivity contribution in [1.82, 2.24) is 4.98 Å². The lowest BCUT2D eigenvalue weighted by atomic mass is 10.1. The van der Waals surface area contributed by atoms with Gasteiger partial charge < -0.3 is 5.11 Å². The second-order valence-electron chi connectivity index (χ2n) is 5.91. The monoisotopic (exact) mass is 358 g/mol. The van der Waals surface area contributed by atoms with Crippen molar-refractivity contribution in [2.24, 2.45) is 4.99 Å². The van der Waals surface area contributed by atoms with E-state index in [1.54, 1.807) is 36.6 Å². The molecule has 5 nitrogen and oxygen atoms in total. The quantitative estimate of drug-likeness (QED) is 0.400. The van der Waals surface area contributed by atoms with E-state index in [-0.39, 0.29) is 18.1 Å². The summed E-state index contributed by atoms with van der Waals surface area (Å²) in [7, 11) is 0. The Kier molecular flexibility index (Phi) is 5.97. The lowest BCUT2D eigenvalue weighted by Gasteiger charge is -2.00. The summed E-state index contributed by atoms with van der Waals surface area (Å²) < 4.78 is 0. The largest absolute Gasteiger partial charge is 0.388 e. The van der Waals surface area contributed by atoms with Gasteiger partial charge in [-0.05, 0) is 29.8 Å². The minimum atomic E-state index is -0.535. The molecule has 0 saturated heterocycles. The molecule has 0 fully saturated rings. The fraction of sp³-hybridized carbons (Fsp3) is 0.0909. The van der Waals surface area contributed by atoms with Gasteiger partial charge in [0.2, 0.25) is 0 Å². The van der Waals surface area contributed by atoms with E-state index in [0.29, 0.717) is 16.8 Å². The van der Waals surface area contributed by atoms with Gasteiger partial charge in [0.05, 0.1) is 11.2 Å². The van der Waals surface area contributed by atoms with Gasteiger partial charge in [0, 0.05) is 17.2 Å². The van der Waals surface area contributed by atoms with E-state index in [1.807, 2.05) is 36.4 Å². The first-order valence-corrected chi connectivity index (χ1v) is 8.46. The summed E-state index contributed by atoms with van der Waals surface area (Å²) in [5.74, 6) is -0.519. The van der Waals surface area contributed by atoms with Gasteiger partial charge in [-0.25, -0.2) is 4.98 Å². The first kappa shape index (κ1) is 18.4. The zero-order valence-corrected chi connectivity index (χ0v) is 14.6. The maximum atomic E-state index is 12.3. The topological polar surface area (TPSA) is 79.6 Å². The molecule has 0 aliphatic heterocycles. The standard InChI is InChI=1S/C22H18N2O3/c25-15-20(26)11-8-16-4-3-6-18(12-16)22(27)14-23-13-19-10-9-17-5-1-2-7-21(17)24-19/h1-13,25H,14-15H2/b11-8+,23-13?. The average molecular weight is 358 g/mol. The van der Waals surface area contributed by atoms with Crippen LogP contribution in [0.3, 0.4) is 0 Å². The molecule has 5 heteroatoms. The van der Waals surface area contributed by atoms with Crippen molar-refractivity contribution in [3.05, 3.63) is 83.6 Å². The Labute approximate surface area is 156 Å². The fourth-order valence-electron chi connectivity index (χ4n) is 2.52. The van der Waals surface area contributed by atoms with Crippen LogP contribution in [-0.2, 0) is 4.79 Å². The van der Waals surface area contributed by atoms with Gasteiger partial charge >= 0.3 is 0 Å². The Hall–Kier alpha value is -3.44. The first-order chi connectivity index (χ1) is 13.2. The molecule has 1 heterocycles. The Bertz CT molecular complexity index is 1040. The van der Waals surface area contributed by atoms with Gasteiger partial charge in [-0.15, -0.1) is 0 Å². The van der Waals surface area contributed by atoms with Crippen molar-refractivity contribution in [1.29, 1.82) is 0 Å². The summed E-state index contributed by atoms with van der Waals surface area (Å²) in [6.45, 7) is -0.524. The van der Waals surface area contributed by atoms with E-state index in [9.17, 15) is 9.59 Å². The first-order valence-electron chi connectivity index (χ1n) is 8.46. The van der Waals surface area contributed by atoms with Crippen LogP contribution in [0.1, 0.15) is 21.6 Å². The number of fused-ring (bicyclic) bond motifs is 1. The lowest BCUT2D eigenvalue weighted by molar-refractivity contribution is -0.117. The second-order valence-corrected chi connectivity index (χ2v) is 5.91. The minimum Gasteiger partial charge on any atom is -0.388 e. The van der Waals surface area contributed by atoms with Gasteiger partial charge in [-0.1, -0.05) is 48.5 Å². The molecule has 27 heavy (non-hydrogen) atoms. The van der Waals surface area contributed by atoms with Crippen LogP contribution < -0.4 is 0 Å². The summed E-state index contributed by atoms with van der Waals surface area (Å²) in [6.07, 6.45) is 4.44. The minimum absolute atomic E-state index is 0.0112. The fourth-order valence-corrected chi connectivity index (χ4v) is 2.52. The number of ketones is 2. The number of aliphatic hydroxyl groups is 1. The van der Waals surface area contributed by atoms with Crippen LogP contribution >= 0.6 is 0 Å². The van der Waals surface area contributed by atoms with Crippen LogP contribution in [-0.4, -0.2) is 41.0 Å². The van der Waals surface area contributed by atoms with Crippen LogP contribution in [0.2, 0.25) is 0 Å². The molecule has 0 aliphatic rings. The highest BCUT2D eigenvalue weighted by molar-refractivity contribution is 5.99. The summed E-state index contributed by atoms with van der Waals surface area (Å²) in [5.41, 5.74) is 2.80. The van der Waals surface area contributed by atoms with Gasteiger partial charge in [-0.3, -0.25) is 14.6 Å². The van der Waals surface area contributed by atoms with Crippen LogP contribution in [0, 0.1) is 0 Å². The molecule has 0 unspecified atom stereocenters. The van der Waals surface area contributed by atoms with E-state index in [4.69, 9.17) is 5.11 Å². The number of aliphatic hydroxyl groups excluding tert-OH is 1. The Morgan fingerprint density at radius 3 is 2.74 bits per heavy atom. The van der Waals surface area contributed by atoms with E-state index in [1.165, 1.54) is 6.08 Å². The third kappa shape index (κ3) is 5.03. The molecule has 0 bridgehead atoms. The Morgan fingerprint density at radius 1 is 1.04 bits per heavy atom. The van der Waals surface area contributed by atoms with Crippen LogP contribution in [0.4, 0.5) is 0 Å². The van der Waals surface area contributed by atoms with Crippen molar-refractivity contribution in [2.75, 3.05) is 13.2 Å². The molecule has 1 aromatic heterocycles. The molecular formula is C22H18N2O3. The molecule has 0 atom stereocenters. The number of pyridine rings is 1. The maximum Gasteiger partial charge on any atom is 0.184 e. The Balaban J connectivity index is 1.67. The summed E-state index contributed by atoms with van der Waals surface area (Å²) >= 11 is 0. The average Bonchev–Trinajstić information content (AvgIpc) is 2.72. The van der Waals surface area contributed by atoms with E-state index >= 15 is 0 Å². The number of aromatic nitrogens is 1. The molecule has 1 N–H and O–H groups in total. The van der Waals surface area contributed by atoms with Crippen LogP contribution in [0.25, 0.3) is 17.0 Å². The number of hydrogen-bond donors (Lipinski definition) is 1. The SMILES string of the molecule is O=C(/C=C/c1cccc(C(=O)CN=Cc2ccc3ccccc3n2)c1)CO. The number of Topliss-reactive ketones (excluding diaryl/α,β-unsaturated/α-hetero) is 1. The molecule has 2 aromatic carbocycles. The van der Waals surface area contributed by atoms with Crippen molar-refractivity contribution < 1.29 is 14.7 Å². The molecule has 3 aromatic rings. The van der Waals surface area contributed by atoms with Crippen molar-refractivity contribution in [2.45, 2.75) is 0 Å². The predicted molar refractivity (Wildman–Crippen MR) is 106 cm³/mol. The van der Waals surface area contributed by atoms with Gasteiger partial charge in [0.25, 0.3) is 0 Å². The normalized spacial score (nSPS) is 11.4. The van der Waals surface area contributed by atoms with Crippen molar-refractivity contribution in [3.8, 4) is 0 Å². The number of aliphatic imine (C=N–C) groups is 1. The van der Waals surface area contributed by atoms with Gasteiger partial charge in [-0.2, -0.15) is 0 Å². The zero-order valence-electron chi connectivity index (χ0n) is 14.6. The van der Waals surface area contributed by atoms with E-state index in [0.717, 1.165) is 10.9 Å². The Morgan fingerprint density at radius 2 is 1.89 bits per heavy atom. The zero-order chi connectivity index (χ0) is 19.1. The van der Waals surface area contributed by atoms with E-state index in [2.05, 4.69) is 9.98 Å². The molecule has 0 aliphatic carbocycles. The molecule has 134 valence electrons. The molecule has 3 rings (SSSR count). The lowest BCUT2D eigenvalue weighted by Crippen LogP contribution is -2.04. The molecule has 0 amide bonds. The predicted octanol–water partition coefficient (Wildman–Crippen LogP) is 3.11. The maximum absolute atomic E-state index is 12.3. The van der Waals surface area contributed by atoms with Crippen LogP contribution in [0.15, 0.2) is 71.7 Å². The second kappa shape index (κ2) is 8.78. The highest BCUT2D eigenvalue weighted by atomic mass is 16.3. The molecular weight excluding hydrogens is 340 g/mol. The summed E-state index contributed by atoms with van der Waals surface area (Å²) in [4.78, 5) is 32.1. The van der Waals surface area contributed by atoms with Gasteiger partial charge in [0.1, 0.15) is 13.2 Å². The summed E-state index contributed by atoms with van der Waals surface area (Å²) in [5, 5.41) is 9.78. The number of rotatable bonds is 7. The molecule has 0 saturated carbocycles. The van der Waals surface area contributed by atoms with Crippen LogP contribution in [0.5, 0.6) is 0 Å². The number of carbonyl (C=O) groups excluding carboxylic acids is 2. The highest BCUT2D eigenvalue weighted by Crippen LogP contribution is 2.11. The van der Waals surface area contributed by atoms with Gasteiger partial charge in [0.15, 0.2) is 11.6 Å². The highest BCUT2D eigenvalue weighted by Gasteiger charge is 2.05. The number of para-hydroxylation sites is 1. The number of nitrogens with zero attached hydrogens (tertiary/aromatic N) is 2. The third-order valence-corrected chi connectivity index (χ3v) is 3.90. The van der Waals surface area contributed by atoms with E-state index < -0.39 is 6.61 Å². The smallest absolute Gasteiger partial charge is 0.184 e. The molecule has 0 spiro atoms. The third-order valence-electron chi connectivity index (χ3n) is 3.90. The number of hydrogen-bond acceptors (Lipinski definition) is 5. The molecule has 0 radical (unpaired) electrons. The number of benzene rings is 2. The number of carbonyl (C=O) groups is 2. The summed E-state index contributed by atoms with van der Waals surface area (Å²) in [6, 6.07) is 18.5. The van der Waals surface area contributed by atoms with Crippen molar-refractivity contribution >= 4 is 34.8 Å². The van der Waals surface area contributed by atoms with Crippen molar-refractivity contribution in [3.63, 3.8) is 0 Å².